The third-order valence-electron chi connectivity index (χ3n) is 4.74. The number of aryl methyl sites for hydroxylation is 4. The molecule has 0 radical (unpaired) electrons. The highest BCUT2D eigenvalue weighted by atomic mass is 19.4. The van der Waals surface area contributed by atoms with Crippen LogP contribution in [0.4, 0.5) is 26.3 Å². The largest absolute Gasteiger partial charge is 0.508 e. The molecule has 0 saturated heterocycles. The zero-order valence-electron chi connectivity index (χ0n) is 15.0. The Morgan fingerprint density at radius 2 is 0.852 bits per heavy atom. The molecule has 2 rings (SSSR count). The Morgan fingerprint density at radius 1 is 0.556 bits per heavy atom. The van der Waals surface area contributed by atoms with Crippen molar-refractivity contribution in [3.63, 3.8) is 0 Å². The van der Waals surface area contributed by atoms with E-state index < -0.39 is 40.4 Å². The summed E-state index contributed by atoms with van der Waals surface area (Å²) in [6, 6.07) is 3.14. The van der Waals surface area contributed by atoms with Gasteiger partial charge in [-0.3, -0.25) is 0 Å². The topological polar surface area (TPSA) is 40.5 Å². The molecule has 2 aromatic carbocycles. The molecular weight excluding hydrogens is 374 g/mol. The van der Waals surface area contributed by atoms with Gasteiger partial charge in [0.15, 0.2) is 0 Å². The van der Waals surface area contributed by atoms with Crippen LogP contribution in [0.1, 0.15) is 33.4 Å². The van der Waals surface area contributed by atoms with E-state index in [0.717, 1.165) is 26.0 Å². The van der Waals surface area contributed by atoms with Gasteiger partial charge in [-0.1, -0.05) is 12.1 Å². The molecule has 27 heavy (non-hydrogen) atoms. The van der Waals surface area contributed by atoms with E-state index in [1.165, 1.54) is 13.8 Å². The van der Waals surface area contributed by atoms with E-state index in [-0.39, 0.29) is 22.3 Å². The molecular formula is C19H18F6O2. The highest BCUT2D eigenvalue weighted by Crippen LogP contribution is 2.58. The Balaban J connectivity index is 3.12. The Bertz CT molecular complexity index is 808. The monoisotopic (exact) mass is 392 g/mol. The smallest absolute Gasteiger partial charge is 0.411 e. The summed E-state index contributed by atoms with van der Waals surface area (Å²) in [6.07, 6.45) is -11.6. The van der Waals surface area contributed by atoms with Gasteiger partial charge in [0.1, 0.15) is 11.5 Å². The second-order valence-corrected chi connectivity index (χ2v) is 6.65. The maximum Gasteiger partial charge on any atom is 0.411 e. The molecule has 0 aliphatic carbocycles. The molecule has 2 nitrogen and oxygen atoms in total. The molecule has 8 heteroatoms. The van der Waals surface area contributed by atoms with Gasteiger partial charge in [0.05, 0.1) is 0 Å². The Labute approximate surface area is 152 Å². The molecule has 2 N–H and O–H groups in total. The van der Waals surface area contributed by atoms with E-state index in [1.807, 2.05) is 0 Å². The Morgan fingerprint density at radius 3 is 1.11 bits per heavy atom. The average molecular weight is 392 g/mol. The number of aromatic hydroxyl groups is 2. The number of benzene rings is 2. The molecule has 2 aromatic rings. The standard InChI is InChI=1S/C19H18F6O2/c1-9-5-11(3)15(26)7-13(9)17(18(20,21)22,19(23,24)25)14-8-16(27)12(4)6-10(14)2/h5-8,26-27H,1-4H3. The van der Waals surface area contributed by atoms with Crippen molar-refractivity contribution in [2.24, 2.45) is 0 Å². The average Bonchev–Trinajstić information content (AvgIpc) is 2.47. The molecule has 0 aliphatic heterocycles. The van der Waals surface area contributed by atoms with Crippen molar-refractivity contribution in [3.05, 3.63) is 57.6 Å². The Kier molecular flexibility index (Phi) is 4.92. The van der Waals surface area contributed by atoms with Crippen molar-refractivity contribution in [2.45, 2.75) is 45.5 Å². The lowest BCUT2D eigenvalue weighted by atomic mass is 9.69. The fraction of sp³-hybridized carbons (Fsp3) is 0.368. The molecule has 0 saturated carbocycles. The summed E-state index contributed by atoms with van der Waals surface area (Å²) in [6.45, 7) is 4.99. The minimum absolute atomic E-state index is 0.151. The molecule has 0 spiro atoms. The summed E-state index contributed by atoms with van der Waals surface area (Å²) in [4.78, 5) is 0. The fourth-order valence-electron chi connectivity index (χ4n) is 3.41. The Hall–Kier alpha value is -2.38. The summed E-state index contributed by atoms with van der Waals surface area (Å²) >= 11 is 0. The first-order valence-electron chi connectivity index (χ1n) is 7.89. The number of hydrogen-bond donors (Lipinski definition) is 2. The number of phenolic OH excluding ortho intramolecular Hbond substituents is 2. The second kappa shape index (κ2) is 6.35. The van der Waals surface area contributed by atoms with Gasteiger partial charge in [-0.15, -0.1) is 0 Å². The van der Waals surface area contributed by atoms with Crippen LogP contribution in [-0.2, 0) is 5.41 Å². The highest BCUT2D eigenvalue weighted by Gasteiger charge is 2.73. The van der Waals surface area contributed by atoms with E-state index in [2.05, 4.69) is 0 Å². The van der Waals surface area contributed by atoms with Gasteiger partial charge >= 0.3 is 12.4 Å². The van der Waals surface area contributed by atoms with Crippen LogP contribution >= 0.6 is 0 Å². The molecule has 0 heterocycles. The minimum atomic E-state index is -5.79. The second-order valence-electron chi connectivity index (χ2n) is 6.65. The zero-order valence-corrected chi connectivity index (χ0v) is 15.0. The van der Waals surface area contributed by atoms with Crippen molar-refractivity contribution < 1.29 is 36.6 Å². The number of alkyl halides is 6. The van der Waals surface area contributed by atoms with Crippen LogP contribution in [0, 0.1) is 27.7 Å². The van der Waals surface area contributed by atoms with Gasteiger partial charge in [-0.2, -0.15) is 26.3 Å². The predicted octanol–water partition coefficient (Wildman–Crippen LogP) is 5.74. The van der Waals surface area contributed by atoms with Crippen LogP contribution in [0.25, 0.3) is 0 Å². The minimum Gasteiger partial charge on any atom is -0.508 e. The lowest BCUT2D eigenvalue weighted by molar-refractivity contribution is -0.289. The first-order valence-corrected chi connectivity index (χ1v) is 7.89. The highest BCUT2D eigenvalue weighted by molar-refractivity contribution is 5.56. The lowest BCUT2D eigenvalue weighted by Crippen LogP contribution is -2.55. The van der Waals surface area contributed by atoms with Crippen molar-refractivity contribution in [3.8, 4) is 11.5 Å². The third kappa shape index (κ3) is 3.11. The maximum atomic E-state index is 14.2. The summed E-state index contributed by atoms with van der Waals surface area (Å²) in [5.74, 6) is -1.36. The number of rotatable bonds is 2. The SMILES string of the molecule is Cc1cc(C)c(C(c2cc(O)c(C)cc2C)(C(F)(F)F)C(F)(F)F)cc1O. The van der Waals surface area contributed by atoms with E-state index in [1.54, 1.807) is 0 Å². The first kappa shape index (κ1) is 20.9. The van der Waals surface area contributed by atoms with Gasteiger partial charge in [-0.05, 0) is 73.2 Å². The van der Waals surface area contributed by atoms with Crippen LogP contribution in [0.5, 0.6) is 11.5 Å². The molecule has 0 aromatic heterocycles. The number of phenols is 2. The molecule has 0 bridgehead atoms. The van der Waals surface area contributed by atoms with Crippen LogP contribution in [-0.4, -0.2) is 22.6 Å². The lowest BCUT2D eigenvalue weighted by Gasteiger charge is -2.40. The van der Waals surface area contributed by atoms with Crippen molar-refractivity contribution in [2.75, 3.05) is 0 Å². The normalized spacial score (nSPS) is 13.1. The molecule has 0 fully saturated rings. The molecule has 0 atom stereocenters. The van der Waals surface area contributed by atoms with Crippen molar-refractivity contribution in [1.29, 1.82) is 0 Å². The van der Waals surface area contributed by atoms with Gasteiger partial charge in [-0.25, -0.2) is 0 Å². The summed E-state index contributed by atoms with van der Waals surface area (Å²) < 4.78 is 85.1. The number of halogens is 6. The van der Waals surface area contributed by atoms with Crippen LogP contribution in [0.15, 0.2) is 24.3 Å². The fourth-order valence-corrected chi connectivity index (χ4v) is 3.41. The quantitative estimate of drug-likeness (QED) is 0.640. The van der Waals surface area contributed by atoms with Crippen molar-refractivity contribution in [1.82, 2.24) is 0 Å². The third-order valence-corrected chi connectivity index (χ3v) is 4.74. The molecule has 148 valence electrons. The number of hydrogen-bond acceptors (Lipinski definition) is 2. The van der Waals surface area contributed by atoms with Gasteiger partial charge in [0.25, 0.3) is 0 Å². The maximum absolute atomic E-state index is 14.2. The van der Waals surface area contributed by atoms with Crippen LogP contribution in [0.3, 0.4) is 0 Å². The first-order chi connectivity index (χ1) is 12.1. The summed E-state index contributed by atoms with van der Waals surface area (Å²) in [5.41, 5.74) is -6.92. The van der Waals surface area contributed by atoms with Gasteiger partial charge in [0.2, 0.25) is 5.41 Å². The zero-order chi connectivity index (χ0) is 20.9. The van der Waals surface area contributed by atoms with Crippen molar-refractivity contribution >= 4 is 0 Å². The van der Waals surface area contributed by atoms with Gasteiger partial charge in [0, 0.05) is 0 Å². The molecule has 0 amide bonds. The van der Waals surface area contributed by atoms with E-state index in [0.29, 0.717) is 12.1 Å². The summed E-state index contributed by atoms with van der Waals surface area (Å²) in [5, 5.41) is 19.7. The van der Waals surface area contributed by atoms with Crippen LogP contribution < -0.4 is 0 Å². The van der Waals surface area contributed by atoms with Gasteiger partial charge < -0.3 is 10.2 Å². The molecule has 0 unspecified atom stereocenters. The van der Waals surface area contributed by atoms with E-state index in [4.69, 9.17) is 0 Å². The van der Waals surface area contributed by atoms with E-state index >= 15 is 0 Å². The molecule has 0 aliphatic rings. The summed E-state index contributed by atoms with van der Waals surface area (Å²) in [7, 11) is 0. The van der Waals surface area contributed by atoms with E-state index in [9.17, 15) is 36.6 Å². The van der Waals surface area contributed by atoms with Crippen LogP contribution in [0.2, 0.25) is 0 Å². The predicted molar refractivity (Wildman–Crippen MR) is 88.1 cm³/mol.